The van der Waals surface area contributed by atoms with Gasteiger partial charge in [0.25, 0.3) is 0 Å². The van der Waals surface area contributed by atoms with Gasteiger partial charge in [-0.05, 0) is 38.5 Å². The van der Waals surface area contributed by atoms with E-state index in [9.17, 15) is 9.59 Å². The van der Waals surface area contributed by atoms with Crippen LogP contribution in [0.1, 0.15) is 38.5 Å². The van der Waals surface area contributed by atoms with Crippen LogP contribution in [0.2, 0.25) is 0 Å². The van der Waals surface area contributed by atoms with E-state index in [0.717, 1.165) is 38.5 Å². The molecule has 0 spiro atoms. The van der Waals surface area contributed by atoms with Crippen LogP contribution in [0.3, 0.4) is 0 Å². The van der Waals surface area contributed by atoms with Crippen LogP contribution in [-0.4, -0.2) is 22.8 Å². The molecule has 1 saturated heterocycles. The summed E-state index contributed by atoms with van der Waals surface area (Å²) in [5.74, 6) is -0.0394. The van der Waals surface area contributed by atoms with Crippen molar-refractivity contribution in [1.82, 2.24) is 4.90 Å². The van der Waals surface area contributed by atoms with Gasteiger partial charge in [-0.2, -0.15) is 5.26 Å². The molecule has 3 aliphatic rings. The monoisotopic (exact) mass is 232 g/mol. The Bertz CT molecular complexity index is 390. The predicted molar refractivity (Wildman–Crippen MR) is 59.4 cm³/mol. The fourth-order valence-electron chi connectivity index (χ4n) is 3.66. The Morgan fingerprint density at radius 3 is 2.29 bits per heavy atom. The predicted octanol–water partition coefficient (Wildman–Crippen LogP) is 1.46. The van der Waals surface area contributed by atoms with Gasteiger partial charge in [-0.15, -0.1) is 0 Å². The van der Waals surface area contributed by atoms with Crippen molar-refractivity contribution >= 4 is 11.8 Å². The molecule has 2 aliphatic carbocycles. The third-order valence-corrected chi connectivity index (χ3v) is 4.58. The van der Waals surface area contributed by atoms with Gasteiger partial charge in [0.1, 0.15) is 0 Å². The van der Waals surface area contributed by atoms with Crippen LogP contribution in [0.5, 0.6) is 0 Å². The minimum Gasteiger partial charge on any atom is -0.278 e. The van der Waals surface area contributed by atoms with Gasteiger partial charge in [0.2, 0.25) is 11.8 Å². The Morgan fingerprint density at radius 2 is 1.71 bits per heavy atom. The maximum atomic E-state index is 12.2. The first-order valence-electron chi connectivity index (χ1n) is 6.49. The lowest BCUT2D eigenvalue weighted by atomic mass is 9.93. The van der Waals surface area contributed by atoms with Crippen molar-refractivity contribution in [2.45, 2.75) is 44.6 Å². The highest BCUT2D eigenvalue weighted by Crippen LogP contribution is 2.42. The molecule has 0 aromatic carbocycles. The third kappa shape index (κ3) is 1.49. The molecule has 2 bridgehead atoms. The summed E-state index contributed by atoms with van der Waals surface area (Å²) in [6.45, 7) is 0. The van der Waals surface area contributed by atoms with Crippen LogP contribution >= 0.6 is 0 Å². The molecule has 0 N–H and O–H groups in total. The van der Waals surface area contributed by atoms with Crippen molar-refractivity contribution in [1.29, 1.82) is 5.26 Å². The van der Waals surface area contributed by atoms with E-state index in [1.54, 1.807) is 0 Å². The standard InChI is InChI=1S/C13H16N2O2/c14-7-10-2-1-3-11(10)15-12(16)8-4-5-9(6-8)13(15)17/h8-11H,1-6H2. The lowest BCUT2D eigenvalue weighted by Crippen LogP contribution is -2.52. The molecule has 3 rings (SSSR count). The van der Waals surface area contributed by atoms with Crippen molar-refractivity contribution in [2.24, 2.45) is 17.8 Å². The smallest absolute Gasteiger partial charge is 0.232 e. The summed E-state index contributed by atoms with van der Waals surface area (Å²) in [6.07, 6.45) is 5.06. The van der Waals surface area contributed by atoms with E-state index in [0.29, 0.717) is 0 Å². The molecule has 4 nitrogen and oxygen atoms in total. The SMILES string of the molecule is N#CC1CCCC1N1C(=O)C2CCC(C2)C1=O. The summed E-state index contributed by atoms with van der Waals surface area (Å²) in [5.41, 5.74) is 0. The second kappa shape index (κ2) is 3.83. The number of imide groups is 1. The van der Waals surface area contributed by atoms with Crippen molar-refractivity contribution in [3.63, 3.8) is 0 Å². The zero-order valence-corrected chi connectivity index (χ0v) is 9.76. The molecule has 0 aromatic rings. The van der Waals surface area contributed by atoms with Gasteiger partial charge in [-0.1, -0.05) is 0 Å². The maximum Gasteiger partial charge on any atom is 0.232 e. The number of hydrogen-bond acceptors (Lipinski definition) is 3. The molecule has 4 heteroatoms. The highest BCUT2D eigenvalue weighted by molar-refractivity contribution is 6.01. The Hall–Kier alpha value is -1.37. The molecular weight excluding hydrogens is 216 g/mol. The topological polar surface area (TPSA) is 61.2 Å². The van der Waals surface area contributed by atoms with Gasteiger partial charge in [-0.25, -0.2) is 0 Å². The van der Waals surface area contributed by atoms with Crippen molar-refractivity contribution in [3.8, 4) is 6.07 Å². The van der Waals surface area contributed by atoms with Crippen molar-refractivity contribution in [3.05, 3.63) is 0 Å². The molecule has 1 aliphatic heterocycles. The summed E-state index contributed by atoms with van der Waals surface area (Å²) in [6, 6.07) is 2.12. The Kier molecular flexibility index (Phi) is 2.43. The molecular formula is C13H16N2O2. The molecule has 17 heavy (non-hydrogen) atoms. The van der Waals surface area contributed by atoms with Gasteiger partial charge < -0.3 is 0 Å². The number of hydrogen-bond donors (Lipinski definition) is 0. The highest BCUT2D eigenvalue weighted by Gasteiger charge is 2.49. The number of carbonyl (C=O) groups excluding carboxylic acids is 2. The Balaban J connectivity index is 1.89. The fourth-order valence-corrected chi connectivity index (χ4v) is 3.66. The van der Waals surface area contributed by atoms with Gasteiger partial charge in [0, 0.05) is 11.8 Å². The largest absolute Gasteiger partial charge is 0.278 e. The minimum absolute atomic E-state index is 0.00380. The van der Waals surface area contributed by atoms with Gasteiger partial charge >= 0.3 is 0 Å². The summed E-state index contributed by atoms with van der Waals surface area (Å²) < 4.78 is 0. The first kappa shape index (κ1) is 10.8. The summed E-state index contributed by atoms with van der Waals surface area (Å²) >= 11 is 0. The molecule has 0 aromatic heterocycles. The lowest BCUT2D eigenvalue weighted by molar-refractivity contribution is -0.156. The number of likely N-dealkylation sites (tertiary alicyclic amines) is 1. The number of nitriles is 1. The van der Waals surface area contributed by atoms with Gasteiger partial charge in [-0.3, -0.25) is 14.5 Å². The van der Waals surface area contributed by atoms with Crippen LogP contribution in [-0.2, 0) is 9.59 Å². The molecule has 1 heterocycles. The third-order valence-electron chi connectivity index (χ3n) is 4.58. The summed E-state index contributed by atoms with van der Waals surface area (Å²) in [7, 11) is 0. The van der Waals surface area contributed by atoms with Crippen LogP contribution in [0.25, 0.3) is 0 Å². The fraction of sp³-hybridized carbons (Fsp3) is 0.769. The number of fused-ring (bicyclic) bond motifs is 2. The van der Waals surface area contributed by atoms with E-state index in [2.05, 4.69) is 6.07 Å². The quantitative estimate of drug-likeness (QED) is 0.643. The van der Waals surface area contributed by atoms with Crippen LogP contribution in [0.15, 0.2) is 0 Å². The molecule has 4 atom stereocenters. The molecule has 0 radical (unpaired) electrons. The van der Waals surface area contributed by atoms with Crippen molar-refractivity contribution in [2.75, 3.05) is 0 Å². The Labute approximate surface area is 101 Å². The maximum absolute atomic E-state index is 12.2. The lowest BCUT2D eigenvalue weighted by Gasteiger charge is -2.35. The van der Waals surface area contributed by atoms with E-state index >= 15 is 0 Å². The zero-order valence-electron chi connectivity index (χ0n) is 9.76. The summed E-state index contributed by atoms with van der Waals surface area (Å²) in [5, 5.41) is 9.09. The van der Waals surface area contributed by atoms with Crippen LogP contribution in [0, 0.1) is 29.1 Å². The van der Waals surface area contributed by atoms with E-state index in [1.807, 2.05) is 0 Å². The van der Waals surface area contributed by atoms with E-state index in [1.165, 1.54) is 4.90 Å². The molecule has 3 fully saturated rings. The van der Waals surface area contributed by atoms with Crippen molar-refractivity contribution < 1.29 is 9.59 Å². The van der Waals surface area contributed by atoms with E-state index < -0.39 is 0 Å². The second-order valence-corrected chi connectivity index (χ2v) is 5.49. The highest BCUT2D eigenvalue weighted by atomic mass is 16.2. The zero-order chi connectivity index (χ0) is 12.0. The second-order valence-electron chi connectivity index (χ2n) is 5.49. The van der Waals surface area contributed by atoms with Gasteiger partial charge in [0.15, 0.2) is 0 Å². The molecule has 4 unspecified atom stereocenters. The average molecular weight is 232 g/mol. The normalized spacial score (nSPS) is 40.8. The van der Waals surface area contributed by atoms with E-state index in [-0.39, 0.29) is 35.6 Å². The number of carbonyl (C=O) groups is 2. The number of amides is 2. The first-order chi connectivity index (χ1) is 8.22. The Morgan fingerprint density at radius 1 is 1.06 bits per heavy atom. The van der Waals surface area contributed by atoms with Gasteiger partial charge in [0.05, 0.1) is 18.0 Å². The molecule has 2 amide bonds. The molecule has 2 saturated carbocycles. The van der Waals surface area contributed by atoms with Crippen LogP contribution in [0.4, 0.5) is 0 Å². The average Bonchev–Trinajstić information content (AvgIpc) is 2.95. The first-order valence-corrected chi connectivity index (χ1v) is 6.49. The number of nitrogens with zero attached hydrogens (tertiary/aromatic N) is 2. The van der Waals surface area contributed by atoms with E-state index in [4.69, 9.17) is 5.26 Å². The number of rotatable bonds is 1. The van der Waals surface area contributed by atoms with Crippen LogP contribution < -0.4 is 0 Å². The number of piperidine rings is 1. The molecule has 90 valence electrons. The summed E-state index contributed by atoms with van der Waals surface area (Å²) in [4.78, 5) is 25.9. The minimum atomic E-state index is -0.139.